The first kappa shape index (κ1) is 35.8. The van der Waals surface area contributed by atoms with Gasteiger partial charge in [0.1, 0.15) is 18.3 Å². The van der Waals surface area contributed by atoms with E-state index in [2.05, 4.69) is 0 Å². The van der Waals surface area contributed by atoms with Crippen LogP contribution in [0.15, 0.2) is 11.6 Å². The van der Waals surface area contributed by atoms with Gasteiger partial charge in [-0.3, -0.25) is 4.79 Å². The van der Waals surface area contributed by atoms with E-state index < -0.39 is 94.5 Å². The van der Waals surface area contributed by atoms with Gasteiger partial charge in [0, 0.05) is 11.3 Å². The number of hydrogen-bond donors (Lipinski definition) is 9. The highest BCUT2D eigenvalue weighted by molar-refractivity contribution is 5.95. The lowest BCUT2D eigenvalue weighted by molar-refractivity contribution is -0.315. The standard InChI is InChI=1S/C33H52O13/c1-29(2,42)9-8-22(36)32(5,43)21-7-11-33(44)16-12-18(34)17-13-20(19(35)14-30(17,3)15(16)6-10-31(21,33)4)45-28-25(39)23(37)24(38)26(46-28)27(40)41/h12,15,17,19-26,28,35-39,42-44H,6-11,13-14H2,1-5H3,(H,40,41)/t15-,17-,19-,20+,21-,22?,23-,24-,25+,26-,28+,30+,31+,32+,33+/m0/s1. The molecule has 0 bridgehead atoms. The van der Waals surface area contributed by atoms with Crippen molar-refractivity contribution in [1.29, 1.82) is 0 Å². The Morgan fingerprint density at radius 2 is 1.70 bits per heavy atom. The zero-order valence-corrected chi connectivity index (χ0v) is 27.2. The van der Waals surface area contributed by atoms with Crippen LogP contribution < -0.4 is 0 Å². The fourth-order valence-corrected chi connectivity index (χ4v) is 9.79. The van der Waals surface area contributed by atoms with Crippen LogP contribution in [0.25, 0.3) is 0 Å². The van der Waals surface area contributed by atoms with Gasteiger partial charge >= 0.3 is 5.97 Å². The normalized spacial score (nSPS) is 48.0. The Morgan fingerprint density at radius 1 is 1.04 bits per heavy atom. The summed E-state index contributed by atoms with van der Waals surface area (Å²) in [5.74, 6) is -3.25. The van der Waals surface area contributed by atoms with E-state index in [9.17, 15) is 55.5 Å². The second-order valence-electron chi connectivity index (χ2n) is 16.0. The van der Waals surface area contributed by atoms with Crippen molar-refractivity contribution in [2.45, 2.75) is 152 Å². The van der Waals surface area contributed by atoms with Gasteiger partial charge in [-0.05, 0) is 101 Å². The molecule has 0 amide bonds. The highest BCUT2D eigenvalue weighted by Crippen LogP contribution is 2.68. The second-order valence-corrected chi connectivity index (χ2v) is 16.0. The number of fused-ring (bicyclic) bond motifs is 5. The number of carbonyl (C=O) groups is 2. The molecule has 5 aliphatic rings. The Kier molecular flexibility index (Phi) is 9.19. The van der Waals surface area contributed by atoms with Crippen molar-refractivity contribution >= 4 is 11.8 Å². The smallest absolute Gasteiger partial charge is 0.335 e. The quantitative estimate of drug-likeness (QED) is 0.164. The number of carbonyl (C=O) groups excluding carboxylic acids is 1. The maximum Gasteiger partial charge on any atom is 0.335 e. The Labute approximate surface area is 268 Å². The lowest BCUT2D eigenvalue weighted by atomic mass is 9.45. The van der Waals surface area contributed by atoms with E-state index in [0.29, 0.717) is 24.8 Å². The van der Waals surface area contributed by atoms with E-state index >= 15 is 0 Å². The first-order valence-corrected chi connectivity index (χ1v) is 16.5. The Balaban J connectivity index is 1.38. The third-order valence-corrected chi connectivity index (χ3v) is 12.6. The minimum Gasteiger partial charge on any atom is -0.479 e. The van der Waals surface area contributed by atoms with Gasteiger partial charge in [-0.15, -0.1) is 0 Å². The van der Waals surface area contributed by atoms with Crippen molar-refractivity contribution in [3.8, 4) is 0 Å². The van der Waals surface area contributed by atoms with E-state index in [1.807, 2.05) is 13.8 Å². The highest BCUT2D eigenvalue weighted by Gasteiger charge is 2.69. The summed E-state index contributed by atoms with van der Waals surface area (Å²) in [6.45, 7) is 8.67. The summed E-state index contributed by atoms with van der Waals surface area (Å²) in [6.07, 6.45) is -8.66. The average molecular weight is 657 g/mol. The van der Waals surface area contributed by atoms with Crippen LogP contribution in [0.4, 0.5) is 0 Å². The molecule has 0 aromatic rings. The Bertz CT molecular complexity index is 1230. The van der Waals surface area contributed by atoms with Crippen molar-refractivity contribution in [2.75, 3.05) is 0 Å². The molecular formula is C33H52O13. The number of carboxylic acid groups (broad SMARTS) is 1. The van der Waals surface area contributed by atoms with Gasteiger partial charge in [0.2, 0.25) is 0 Å². The molecular weight excluding hydrogens is 604 g/mol. The third-order valence-electron chi connectivity index (χ3n) is 12.6. The summed E-state index contributed by atoms with van der Waals surface area (Å²) < 4.78 is 11.1. The van der Waals surface area contributed by atoms with E-state index in [4.69, 9.17) is 9.47 Å². The van der Waals surface area contributed by atoms with Crippen molar-refractivity contribution in [3.63, 3.8) is 0 Å². The zero-order chi connectivity index (χ0) is 34.4. The van der Waals surface area contributed by atoms with Crippen molar-refractivity contribution in [3.05, 3.63) is 11.6 Å². The molecule has 4 fully saturated rings. The van der Waals surface area contributed by atoms with Gasteiger partial charge in [-0.1, -0.05) is 13.8 Å². The molecule has 0 radical (unpaired) electrons. The number of ketones is 1. The molecule has 0 aromatic heterocycles. The first-order valence-electron chi connectivity index (χ1n) is 16.5. The van der Waals surface area contributed by atoms with E-state index in [1.54, 1.807) is 20.8 Å². The molecule has 1 saturated heterocycles. The number of aliphatic hydroxyl groups excluding tert-OH is 5. The molecule has 5 rings (SSSR count). The molecule has 15 atom stereocenters. The molecule has 3 saturated carbocycles. The highest BCUT2D eigenvalue weighted by atomic mass is 16.7. The number of aliphatic carboxylic acids is 1. The maximum absolute atomic E-state index is 13.9. The van der Waals surface area contributed by atoms with Crippen LogP contribution in [0.2, 0.25) is 0 Å². The predicted molar refractivity (Wildman–Crippen MR) is 160 cm³/mol. The van der Waals surface area contributed by atoms with Gasteiger partial charge < -0.3 is 55.4 Å². The first-order chi connectivity index (χ1) is 21.1. The largest absolute Gasteiger partial charge is 0.479 e. The van der Waals surface area contributed by atoms with Crippen LogP contribution in [0, 0.1) is 28.6 Å². The lowest BCUT2D eigenvalue weighted by Gasteiger charge is -2.61. The molecule has 9 N–H and O–H groups in total. The Hall–Kier alpha value is -1.52. The molecule has 0 spiro atoms. The number of ether oxygens (including phenoxy) is 2. The van der Waals surface area contributed by atoms with Crippen molar-refractivity contribution < 1.29 is 65.0 Å². The molecule has 1 heterocycles. The number of allylic oxidation sites excluding steroid dienone is 1. The SMILES string of the molecule is CC(C)(O)CCC(O)[C@](C)(O)[C@H]1CC[C@@]2(O)C3=CC(=O)[C@@H]4C[C@@H](O[C@@H]5O[C@H](C(=O)O)[C@@H](O)[C@H](O)[C@H]5O)[C@@H](O)C[C@]4(C)[C@H]3CC[C@]12C. The fourth-order valence-electron chi connectivity index (χ4n) is 9.79. The fraction of sp³-hybridized carbons (Fsp3) is 0.879. The Morgan fingerprint density at radius 3 is 2.30 bits per heavy atom. The summed E-state index contributed by atoms with van der Waals surface area (Å²) in [6, 6.07) is 0. The lowest BCUT2D eigenvalue weighted by Crippen LogP contribution is -2.64. The molecule has 0 aromatic carbocycles. The molecule has 13 heteroatoms. The van der Waals surface area contributed by atoms with Crippen LogP contribution >= 0.6 is 0 Å². The third kappa shape index (κ3) is 5.58. The number of rotatable bonds is 8. The van der Waals surface area contributed by atoms with Crippen LogP contribution in [-0.4, -0.2) is 124 Å². The summed E-state index contributed by atoms with van der Waals surface area (Å²) in [4.78, 5) is 25.4. The molecule has 46 heavy (non-hydrogen) atoms. The number of carboxylic acids is 1. The van der Waals surface area contributed by atoms with Crippen LogP contribution in [0.1, 0.15) is 86.0 Å². The number of aliphatic hydroxyl groups is 8. The summed E-state index contributed by atoms with van der Waals surface area (Å²) >= 11 is 0. The molecule has 1 unspecified atom stereocenters. The van der Waals surface area contributed by atoms with E-state index in [-0.39, 0.29) is 43.8 Å². The molecule has 262 valence electrons. The monoisotopic (exact) mass is 656 g/mol. The topological polar surface area (TPSA) is 235 Å². The summed E-state index contributed by atoms with van der Waals surface area (Å²) in [5, 5.41) is 96.8. The molecule has 4 aliphatic carbocycles. The van der Waals surface area contributed by atoms with Crippen molar-refractivity contribution in [1.82, 2.24) is 0 Å². The van der Waals surface area contributed by atoms with Crippen molar-refractivity contribution in [2.24, 2.45) is 28.6 Å². The second kappa shape index (κ2) is 11.8. The minimum absolute atomic E-state index is 0.0141. The average Bonchev–Trinajstić information content (AvgIpc) is 3.24. The number of hydrogen-bond acceptors (Lipinski definition) is 12. The molecule has 1 aliphatic heterocycles. The zero-order valence-electron chi connectivity index (χ0n) is 27.2. The van der Waals surface area contributed by atoms with Crippen LogP contribution in [0.5, 0.6) is 0 Å². The molecule has 13 nitrogen and oxygen atoms in total. The van der Waals surface area contributed by atoms with Crippen LogP contribution in [-0.2, 0) is 19.1 Å². The van der Waals surface area contributed by atoms with Gasteiger partial charge in [0.05, 0.1) is 35.1 Å². The summed E-state index contributed by atoms with van der Waals surface area (Å²) in [5.41, 5.74) is -5.09. The van der Waals surface area contributed by atoms with Crippen LogP contribution in [0.3, 0.4) is 0 Å². The predicted octanol–water partition coefficient (Wildman–Crippen LogP) is -0.229. The van der Waals surface area contributed by atoms with Gasteiger partial charge in [0.15, 0.2) is 18.2 Å². The summed E-state index contributed by atoms with van der Waals surface area (Å²) in [7, 11) is 0. The van der Waals surface area contributed by atoms with Gasteiger partial charge in [-0.2, -0.15) is 0 Å². The van der Waals surface area contributed by atoms with E-state index in [1.165, 1.54) is 6.08 Å². The minimum atomic E-state index is -1.90. The van der Waals surface area contributed by atoms with Gasteiger partial charge in [-0.25, -0.2) is 4.79 Å². The maximum atomic E-state index is 13.9. The van der Waals surface area contributed by atoms with E-state index in [0.717, 1.165) is 0 Å². The van der Waals surface area contributed by atoms with Gasteiger partial charge in [0.25, 0.3) is 0 Å².